The second kappa shape index (κ2) is 5.79. The molecule has 0 aliphatic carbocycles. The molecule has 0 saturated carbocycles. The number of sulfonamides is 1. The molecule has 2 aromatic rings. The predicted molar refractivity (Wildman–Crippen MR) is 71.1 cm³/mol. The Balaban J connectivity index is 2.30. The van der Waals surface area contributed by atoms with Crippen LogP contribution in [0.3, 0.4) is 0 Å². The normalized spacial score (nSPS) is 10.6. The van der Waals surface area contributed by atoms with E-state index in [0.29, 0.717) is 5.56 Å². The summed E-state index contributed by atoms with van der Waals surface area (Å²) >= 11 is 1.09. The molecular weight excluding hydrogens is 286 g/mol. The summed E-state index contributed by atoms with van der Waals surface area (Å²) in [7, 11) is -3.70. The van der Waals surface area contributed by atoms with Crippen molar-refractivity contribution in [1.82, 2.24) is 10.2 Å². The molecule has 1 aromatic carbocycles. The van der Waals surface area contributed by atoms with E-state index in [1.807, 2.05) is 0 Å². The Bertz CT molecular complexity index is 715. The Morgan fingerprint density at radius 1 is 1.42 bits per heavy atom. The highest BCUT2D eigenvalue weighted by Crippen LogP contribution is 2.17. The molecule has 0 radical (unpaired) electrons. The number of rotatable bonds is 3. The van der Waals surface area contributed by atoms with Crippen LogP contribution in [0.2, 0.25) is 0 Å². The Hall–Kier alpha value is -1.95. The van der Waals surface area contributed by atoms with Crippen LogP contribution in [-0.2, 0) is 10.0 Å². The third-order valence-electron chi connectivity index (χ3n) is 2.04. The van der Waals surface area contributed by atoms with Gasteiger partial charge in [-0.15, -0.1) is 10.2 Å². The van der Waals surface area contributed by atoms with Crippen molar-refractivity contribution in [3.05, 3.63) is 35.3 Å². The van der Waals surface area contributed by atoms with Gasteiger partial charge in [-0.2, -0.15) is 0 Å². The second-order valence-corrected chi connectivity index (χ2v) is 5.85. The van der Waals surface area contributed by atoms with Crippen LogP contribution < -0.4 is 4.72 Å². The molecule has 8 heteroatoms. The standard InChI is InChI=1S/C11H9N3O3S2/c15-6-2-4-9-3-1-5-10(7-9)19(16,17)14-11-13-12-8-18-11/h1,3,5,7-8,15H,6H2,(H,13,14). The van der Waals surface area contributed by atoms with Crippen LogP contribution in [0.1, 0.15) is 5.56 Å². The van der Waals surface area contributed by atoms with E-state index < -0.39 is 10.0 Å². The van der Waals surface area contributed by atoms with Crippen LogP contribution in [0.4, 0.5) is 5.13 Å². The minimum Gasteiger partial charge on any atom is -0.384 e. The molecule has 0 atom stereocenters. The topological polar surface area (TPSA) is 92.2 Å². The maximum atomic E-state index is 12.1. The Labute approximate surface area is 114 Å². The van der Waals surface area contributed by atoms with Crippen molar-refractivity contribution in [1.29, 1.82) is 0 Å². The molecule has 0 aliphatic rings. The molecule has 0 fully saturated rings. The molecule has 98 valence electrons. The van der Waals surface area contributed by atoms with Gasteiger partial charge >= 0.3 is 0 Å². The summed E-state index contributed by atoms with van der Waals surface area (Å²) in [6.07, 6.45) is 0. The number of benzene rings is 1. The van der Waals surface area contributed by atoms with Crippen LogP contribution >= 0.6 is 11.3 Å². The third kappa shape index (κ3) is 3.51. The number of nitrogens with zero attached hydrogens (tertiary/aromatic N) is 2. The van der Waals surface area contributed by atoms with E-state index in [-0.39, 0.29) is 16.6 Å². The summed E-state index contributed by atoms with van der Waals surface area (Å²) in [5.41, 5.74) is 1.94. The van der Waals surface area contributed by atoms with E-state index in [1.54, 1.807) is 12.1 Å². The Morgan fingerprint density at radius 3 is 2.95 bits per heavy atom. The molecule has 19 heavy (non-hydrogen) atoms. The van der Waals surface area contributed by atoms with E-state index in [2.05, 4.69) is 26.8 Å². The van der Waals surface area contributed by atoms with Crippen molar-refractivity contribution in [3.63, 3.8) is 0 Å². The minimum absolute atomic E-state index is 0.0763. The lowest BCUT2D eigenvalue weighted by molar-refractivity contribution is 0.350. The average Bonchev–Trinajstić information content (AvgIpc) is 2.89. The largest absolute Gasteiger partial charge is 0.384 e. The molecular formula is C11H9N3O3S2. The van der Waals surface area contributed by atoms with Gasteiger partial charge in [-0.3, -0.25) is 4.72 Å². The summed E-state index contributed by atoms with van der Waals surface area (Å²) in [5, 5.41) is 16.0. The Morgan fingerprint density at radius 2 is 2.26 bits per heavy atom. The Kier molecular flexibility index (Phi) is 4.11. The van der Waals surface area contributed by atoms with Gasteiger partial charge in [0.15, 0.2) is 0 Å². The van der Waals surface area contributed by atoms with Crippen LogP contribution in [-0.4, -0.2) is 30.3 Å². The molecule has 0 aliphatic heterocycles. The zero-order chi connectivity index (χ0) is 13.7. The SMILES string of the molecule is O=S(=O)(Nc1nncs1)c1cccc(C#CCO)c1. The third-order valence-corrected chi connectivity index (χ3v) is 4.11. The maximum Gasteiger partial charge on any atom is 0.263 e. The molecule has 0 unspecified atom stereocenters. The van der Waals surface area contributed by atoms with Crippen molar-refractivity contribution in [2.45, 2.75) is 4.90 Å². The summed E-state index contributed by atoms with van der Waals surface area (Å²) in [6, 6.07) is 6.11. The van der Waals surface area contributed by atoms with Gasteiger partial charge < -0.3 is 5.11 Å². The number of hydrogen-bond donors (Lipinski definition) is 2. The lowest BCUT2D eigenvalue weighted by Gasteiger charge is -2.04. The van der Waals surface area contributed by atoms with Gasteiger partial charge in [0.25, 0.3) is 10.0 Å². The first kappa shape index (κ1) is 13.5. The number of nitrogens with one attached hydrogen (secondary N) is 1. The van der Waals surface area contributed by atoms with Crippen molar-refractivity contribution in [2.75, 3.05) is 11.3 Å². The highest BCUT2D eigenvalue weighted by molar-refractivity contribution is 7.93. The first-order valence-electron chi connectivity index (χ1n) is 5.10. The van der Waals surface area contributed by atoms with Crippen LogP contribution in [0, 0.1) is 11.8 Å². The van der Waals surface area contributed by atoms with E-state index in [0.717, 1.165) is 11.3 Å². The molecule has 0 saturated heterocycles. The van der Waals surface area contributed by atoms with Gasteiger partial charge in [0, 0.05) is 5.56 Å². The number of aromatic nitrogens is 2. The van der Waals surface area contributed by atoms with Crippen molar-refractivity contribution < 1.29 is 13.5 Å². The first-order chi connectivity index (χ1) is 9.12. The number of aliphatic hydroxyl groups excluding tert-OH is 1. The molecule has 1 heterocycles. The molecule has 0 bridgehead atoms. The number of aliphatic hydroxyl groups is 1. The summed E-state index contributed by atoms with van der Waals surface area (Å²) in [4.78, 5) is 0.0763. The lowest BCUT2D eigenvalue weighted by Crippen LogP contribution is -2.12. The molecule has 0 amide bonds. The van der Waals surface area contributed by atoms with Crippen LogP contribution in [0.15, 0.2) is 34.7 Å². The second-order valence-electron chi connectivity index (χ2n) is 3.34. The number of anilines is 1. The lowest BCUT2D eigenvalue weighted by atomic mass is 10.2. The van der Waals surface area contributed by atoms with Gasteiger partial charge in [-0.25, -0.2) is 8.42 Å². The molecule has 2 N–H and O–H groups in total. The van der Waals surface area contributed by atoms with E-state index in [1.165, 1.54) is 17.6 Å². The fourth-order valence-electron chi connectivity index (χ4n) is 1.27. The predicted octanol–water partition coefficient (Wildman–Crippen LogP) is 0.683. The van der Waals surface area contributed by atoms with E-state index in [9.17, 15) is 8.42 Å². The van der Waals surface area contributed by atoms with Crippen LogP contribution in [0.25, 0.3) is 0 Å². The molecule has 6 nitrogen and oxygen atoms in total. The average molecular weight is 295 g/mol. The fraction of sp³-hybridized carbons (Fsp3) is 0.0909. The van der Waals surface area contributed by atoms with Crippen LogP contribution in [0.5, 0.6) is 0 Å². The maximum absolute atomic E-state index is 12.1. The van der Waals surface area contributed by atoms with Gasteiger partial charge in [0.1, 0.15) is 12.1 Å². The van der Waals surface area contributed by atoms with E-state index >= 15 is 0 Å². The van der Waals surface area contributed by atoms with Gasteiger partial charge in [-0.05, 0) is 18.2 Å². The first-order valence-corrected chi connectivity index (χ1v) is 7.47. The molecule has 2 rings (SSSR count). The monoisotopic (exact) mass is 295 g/mol. The zero-order valence-electron chi connectivity index (χ0n) is 9.57. The minimum atomic E-state index is -3.70. The smallest absolute Gasteiger partial charge is 0.263 e. The summed E-state index contributed by atoms with van der Waals surface area (Å²) in [6.45, 7) is -0.278. The van der Waals surface area contributed by atoms with Gasteiger partial charge in [0.05, 0.1) is 4.90 Å². The van der Waals surface area contributed by atoms with Gasteiger partial charge in [0.2, 0.25) is 5.13 Å². The van der Waals surface area contributed by atoms with Crippen molar-refractivity contribution >= 4 is 26.5 Å². The fourth-order valence-corrected chi connectivity index (χ4v) is 3.01. The highest BCUT2D eigenvalue weighted by Gasteiger charge is 2.15. The zero-order valence-corrected chi connectivity index (χ0v) is 11.2. The molecule has 1 aromatic heterocycles. The summed E-state index contributed by atoms with van der Waals surface area (Å²) < 4.78 is 26.4. The van der Waals surface area contributed by atoms with Gasteiger partial charge in [-0.1, -0.05) is 29.2 Å². The number of hydrogen-bond acceptors (Lipinski definition) is 6. The highest BCUT2D eigenvalue weighted by atomic mass is 32.2. The van der Waals surface area contributed by atoms with Crippen molar-refractivity contribution in [3.8, 4) is 11.8 Å². The summed E-state index contributed by atoms with van der Waals surface area (Å²) in [5.74, 6) is 5.11. The van der Waals surface area contributed by atoms with Crippen molar-refractivity contribution in [2.24, 2.45) is 0 Å². The quantitative estimate of drug-likeness (QED) is 0.813. The van der Waals surface area contributed by atoms with E-state index in [4.69, 9.17) is 5.11 Å². The molecule has 0 spiro atoms.